The molecule has 1 fully saturated rings. The molecule has 1 aliphatic rings. The second kappa shape index (κ2) is 4.96. The highest BCUT2D eigenvalue weighted by Crippen LogP contribution is 2.34. The van der Waals surface area contributed by atoms with E-state index in [1.165, 1.54) is 0 Å². The quantitative estimate of drug-likeness (QED) is 0.586. The zero-order valence-corrected chi connectivity index (χ0v) is 10.9. The fourth-order valence-electron chi connectivity index (χ4n) is 2.31. The van der Waals surface area contributed by atoms with Gasteiger partial charge in [-0.2, -0.15) is 22.5 Å². The summed E-state index contributed by atoms with van der Waals surface area (Å²) in [7, 11) is 0. The molecule has 2 rings (SSSR count). The van der Waals surface area contributed by atoms with Gasteiger partial charge in [-0.25, -0.2) is 0 Å². The second-order valence-electron chi connectivity index (χ2n) is 5.58. The van der Waals surface area contributed by atoms with Crippen LogP contribution in [-0.4, -0.2) is 16.5 Å². The predicted octanol–water partition coefficient (Wildman–Crippen LogP) is 3.49. The van der Waals surface area contributed by atoms with Gasteiger partial charge >= 0.3 is 0 Å². The highest BCUT2D eigenvalue weighted by atomic mass is 19.2. The van der Waals surface area contributed by atoms with Crippen molar-refractivity contribution in [1.29, 1.82) is 0 Å². The van der Waals surface area contributed by atoms with E-state index in [4.69, 9.17) is 0 Å². The molecule has 0 unspecified atom stereocenters. The summed E-state index contributed by atoms with van der Waals surface area (Å²) in [6.45, 7) is 3.61. The molecule has 0 bridgehead atoms. The smallest absolute Gasteiger partial charge is 0.254 e. The number of halogens is 4. The van der Waals surface area contributed by atoms with Crippen LogP contribution in [0.25, 0.3) is 0 Å². The molecule has 1 saturated carbocycles. The SMILES string of the molecule is CC1(C)CC(=O)CC(=Nc2c(F)c(F)nc(F)c2F)C1. The third-order valence-electron chi connectivity index (χ3n) is 3.00. The van der Waals surface area contributed by atoms with E-state index in [1.807, 2.05) is 0 Å². The van der Waals surface area contributed by atoms with Crippen molar-refractivity contribution in [1.82, 2.24) is 4.98 Å². The van der Waals surface area contributed by atoms with Gasteiger partial charge in [-0.05, 0) is 11.8 Å². The van der Waals surface area contributed by atoms with E-state index in [9.17, 15) is 22.4 Å². The number of rotatable bonds is 1. The number of hydrogen-bond donors (Lipinski definition) is 0. The Morgan fingerprint density at radius 3 is 2.10 bits per heavy atom. The van der Waals surface area contributed by atoms with Gasteiger partial charge in [-0.15, -0.1) is 0 Å². The van der Waals surface area contributed by atoms with Crippen LogP contribution in [0, 0.1) is 28.9 Å². The molecule has 0 atom stereocenters. The summed E-state index contributed by atoms with van der Waals surface area (Å²) in [5, 5.41) is 0. The number of Topliss-reactive ketones (excluding diaryl/α,β-unsaturated/α-hetero) is 1. The van der Waals surface area contributed by atoms with E-state index in [-0.39, 0.29) is 17.9 Å². The molecule has 0 radical (unpaired) electrons. The Morgan fingerprint density at radius 1 is 1.05 bits per heavy atom. The zero-order chi connectivity index (χ0) is 15.1. The van der Waals surface area contributed by atoms with E-state index in [1.54, 1.807) is 13.8 Å². The van der Waals surface area contributed by atoms with Crippen molar-refractivity contribution < 1.29 is 22.4 Å². The number of aromatic nitrogens is 1. The summed E-state index contributed by atoms with van der Waals surface area (Å²) in [4.78, 5) is 17.6. The Morgan fingerprint density at radius 2 is 1.60 bits per heavy atom. The first kappa shape index (κ1) is 14.6. The fourth-order valence-corrected chi connectivity index (χ4v) is 2.31. The largest absolute Gasteiger partial charge is 0.299 e. The number of nitrogens with zero attached hydrogens (tertiary/aromatic N) is 2. The van der Waals surface area contributed by atoms with Gasteiger partial charge in [0.05, 0.1) is 0 Å². The van der Waals surface area contributed by atoms with Crippen molar-refractivity contribution in [3.8, 4) is 0 Å². The lowest BCUT2D eigenvalue weighted by Gasteiger charge is -2.29. The van der Waals surface area contributed by atoms with Gasteiger partial charge in [0, 0.05) is 18.6 Å². The molecule has 0 aromatic carbocycles. The van der Waals surface area contributed by atoms with E-state index < -0.39 is 34.6 Å². The lowest BCUT2D eigenvalue weighted by atomic mass is 9.76. The van der Waals surface area contributed by atoms with Gasteiger partial charge in [-0.1, -0.05) is 13.8 Å². The molecule has 1 aromatic rings. The molecular formula is C13H12F4N2O. The van der Waals surface area contributed by atoms with Crippen LogP contribution in [0.2, 0.25) is 0 Å². The minimum absolute atomic E-state index is 0.0755. The van der Waals surface area contributed by atoms with Gasteiger partial charge in [0.15, 0.2) is 0 Å². The molecule has 0 amide bonds. The van der Waals surface area contributed by atoms with Gasteiger partial charge in [0.2, 0.25) is 11.6 Å². The maximum atomic E-state index is 13.5. The van der Waals surface area contributed by atoms with Gasteiger partial charge in [0.25, 0.3) is 11.9 Å². The van der Waals surface area contributed by atoms with Crippen LogP contribution in [0.5, 0.6) is 0 Å². The Hall–Kier alpha value is -1.79. The number of carbonyl (C=O) groups excluding carboxylic acids is 1. The Bertz CT molecular complexity index is 585. The minimum Gasteiger partial charge on any atom is -0.299 e. The topological polar surface area (TPSA) is 42.3 Å². The maximum absolute atomic E-state index is 13.5. The average molecular weight is 288 g/mol. The molecule has 108 valence electrons. The normalized spacial score (nSPS) is 20.5. The van der Waals surface area contributed by atoms with Crippen LogP contribution in [0.15, 0.2) is 4.99 Å². The van der Waals surface area contributed by atoms with Crippen LogP contribution in [-0.2, 0) is 4.79 Å². The number of ketones is 1. The second-order valence-corrected chi connectivity index (χ2v) is 5.58. The van der Waals surface area contributed by atoms with Crippen molar-refractivity contribution in [3.05, 3.63) is 23.5 Å². The van der Waals surface area contributed by atoms with Crippen molar-refractivity contribution in [3.63, 3.8) is 0 Å². The monoisotopic (exact) mass is 288 g/mol. The van der Waals surface area contributed by atoms with Gasteiger partial charge in [-0.3, -0.25) is 9.79 Å². The van der Waals surface area contributed by atoms with Crippen LogP contribution < -0.4 is 0 Å². The number of aliphatic imine (C=N–C) groups is 1. The predicted molar refractivity (Wildman–Crippen MR) is 63.8 cm³/mol. The standard InChI is InChI=1S/C13H12F4N2O/c1-13(2)4-6(3-7(20)5-13)18-10-8(14)11(16)19-12(17)9(10)15/h3-5H2,1-2H3. The third-order valence-corrected chi connectivity index (χ3v) is 3.00. The minimum atomic E-state index is -1.76. The first-order valence-electron chi connectivity index (χ1n) is 5.98. The van der Waals surface area contributed by atoms with Crippen LogP contribution in [0.3, 0.4) is 0 Å². The Kier molecular flexibility index (Phi) is 3.62. The Labute approximate surface area is 112 Å². The van der Waals surface area contributed by atoms with Crippen LogP contribution in [0.1, 0.15) is 33.1 Å². The molecule has 0 N–H and O–H groups in total. The van der Waals surface area contributed by atoms with Gasteiger partial charge < -0.3 is 0 Å². The lowest BCUT2D eigenvalue weighted by Crippen LogP contribution is -2.29. The highest BCUT2D eigenvalue weighted by molar-refractivity contribution is 6.05. The van der Waals surface area contributed by atoms with E-state index >= 15 is 0 Å². The molecule has 0 aliphatic heterocycles. The summed E-state index contributed by atoms with van der Waals surface area (Å²) < 4.78 is 52.9. The maximum Gasteiger partial charge on any atom is 0.254 e. The third kappa shape index (κ3) is 2.86. The van der Waals surface area contributed by atoms with E-state index in [0.29, 0.717) is 12.8 Å². The average Bonchev–Trinajstić information content (AvgIpc) is 2.29. The number of hydrogen-bond acceptors (Lipinski definition) is 3. The first-order chi connectivity index (χ1) is 9.19. The Balaban J connectivity index is 2.48. The lowest BCUT2D eigenvalue weighted by molar-refractivity contribution is -0.120. The summed E-state index contributed by atoms with van der Waals surface area (Å²) in [5.41, 5.74) is -1.27. The van der Waals surface area contributed by atoms with Gasteiger partial charge in [0.1, 0.15) is 11.5 Å². The molecule has 1 heterocycles. The summed E-state index contributed by atoms with van der Waals surface area (Å²) in [6, 6.07) is 0. The molecule has 20 heavy (non-hydrogen) atoms. The first-order valence-corrected chi connectivity index (χ1v) is 5.98. The van der Waals surface area contributed by atoms with Crippen LogP contribution in [0.4, 0.5) is 23.2 Å². The molecule has 3 nitrogen and oxygen atoms in total. The number of carbonyl (C=O) groups is 1. The van der Waals surface area contributed by atoms with Crippen molar-refractivity contribution in [2.24, 2.45) is 10.4 Å². The van der Waals surface area contributed by atoms with Crippen LogP contribution >= 0.6 is 0 Å². The highest BCUT2D eigenvalue weighted by Gasteiger charge is 2.31. The molecule has 7 heteroatoms. The van der Waals surface area contributed by atoms with E-state index in [2.05, 4.69) is 9.98 Å². The molecule has 0 spiro atoms. The fraction of sp³-hybridized carbons (Fsp3) is 0.462. The summed E-state index contributed by atoms with van der Waals surface area (Å²) >= 11 is 0. The molecule has 1 aromatic heterocycles. The van der Waals surface area contributed by atoms with Crippen molar-refractivity contribution >= 4 is 17.2 Å². The molecule has 1 aliphatic carbocycles. The zero-order valence-electron chi connectivity index (χ0n) is 10.9. The summed E-state index contributed by atoms with van der Waals surface area (Å²) in [6.07, 6.45) is 0.576. The number of pyridine rings is 1. The van der Waals surface area contributed by atoms with Crippen molar-refractivity contribution in [2.45, 2.75) is 33.1 Å². The van der Waals surface area contributed by atoms with Crippen molar-refractivity contribution in [2.75, 3.05) is 0 Å². The molecule has 0 saturated heterocycles. The summed E-state index contributed by atoms with van der Waals surface area (Å²) in [5.74, 6) is -6.97. The molecular weight excluding hydrogens is 276 g/mol. The van der Waals surface area contributed by atoms with E-state index in [0.717, 1.165) is 0 Å².